The maximum atomic E-state index is 12.2. The van der Waals surface area contributed by atoms with Gasteiger partial charge < -0.3 is 9.47 Å². The van der Waals surface area contributed by atoms with Crippen LogP contribution in [0.25, 0.3) is 0 Å². The van der Waals surface area contributed by atoms with Crippen LogP contribution >= 0.6 is 0 Å². The van der Waals surface area contributed by atoms with E-state index in [1.807, 2.05) is 19.1 Å². The molecule has 2 atom stereocenters. The number of Topliss-reactive ketones (excluding diaryl/α,β-unsaturated/α-hetero) is 2. The molecule has 1 N–H and O–H groups in total. The largest absolute Gasteiger partial charge is 0.489 e. The fourth-order valence-electron chi connectivity index (χ4n) is 1.94. The highest BCUT2D eigenvalue weighted by molar-refractivity contribution is 6.25. The lowest BCUT2D eigenvalue weighted by Crippen LogP contribution is -2.47. The van der Waals surface area contributed by atoms with E-state index in [1.54, 1.807) is 6.92 Å². The average molecular weight is 281 g/mol. The standard InChI is InChI=1S/C14H19NO5/c1-5-6-7-8(2)10(16)9-11(17)12(19-3)14(20-4)15-13(9)18/h5-6,8-9H,7H2,1-4H3,(H,15,18)/b6-5+/t8-,9?/m1/s1. The Balaban J connectivity index is 3.02. The Kier molecular flexibility index (Phi) is 5.49. The van der Waals surface area contributed by atoms with Gasteiger partial charge in [0.2, 0.25) is 23.3 Å². The molecule has 6 heteroatoms. The minimum Gasteiger partial charge on any atom is -0.489 e. The monoisotopic (exact) mass is 281 g/mol. The van der Waals surface area contributed by atoms with Crippen LogP contribution in [0.2, 0.25) is 0 Å². The number of methoxy groups -OCH3 is 2. The van der Waals surface area contributed by atoms with Gasteiger partial charge in [-0.05, 0) is 13.3 Å². The summed E-state index contributed by atoms with van der Waals surface area (Å²) in [6.07, 6.45) is 4.12. The van der Waals surface area contributed by atoms with E-state index in [9.17, 15) is 14.4 Å². The van der Waals surface area contributed by atoms with E-state index in [2.05, 4.69) is 5.32 Å². The fourth-order valence-corrected chi connectivity index (χ4v) is 1.94. The van der Waals surface area contributed by atoms with Gasteiger partial charge in [0.05, 0.1) is 14.2 Å². The van der Waals surface area contributed by atoms with Crippen molar-refractivity contribution < 1.29 is 23.9 Å². The van der Waals surface area contributed by atoms with Gasteiger partial charge in [-0.15, -0.1) is 0 Å². The first-order valence-corrected chi connectivity index (χ1v) is 6.30. The second-order valence-electron chi connectivity index (χ2n) is 4.46. The molecule has 0 aromatic heterocycles. The first-order chi connectivity index (χ1) is 9.47. The van der Waals surface area contributed by atoms with Crippen LogP contribution in [0.3, 0.4) is 0 Å². The third-order valence-corrected chi connectivity index (χ3v) is 3.09. The molecule has 0 aromatic carbocycles. The zero-order chi connectivity index (χ0) is 15.3. The minimum atomic E-state index is -1.37. The Morgan fingerprint density at radius 1 is 1.35 bits per heavy atom. The topological polar surface area (TPSA) is 81.7 Å². The number of allylic oxidation sites excluding steroid dienone is 3. The molecule has 0 spiro atoms. The maximum Gasteiger partial charge on any atom is 0.245 e. The van der Waals surface area contributed by atoms with Crippen molar-refractivity contribution in [3.63, 3.8) is 0 Å². The van der Waals surface area contributed by atoms with Crippen LogP contribution < -0.4 is 5.32 Å². The molecule has 0 saturated carbocycles. The molecule has 0 aliphatic carbocycles. The highest BCUT2D eigenvalue weighted by atomic mass is 16.5. The molecule has 0 fully saturated rings. The number of carbonyl (C=O) groups is 3. The predicted molar refractivity (Wildman–Crippen MR) is 71.3 cm³/mol. The second kappa shape index (κ2) is 6.88. The van der Waals surface area contributed by atoms with E-state index < -0.39 is 29.3 Å². The van der Waals surface area contributed by atoms with Crippen LogP contribution in [0.1, 0.15) is 20.3 Å². The Hall–Kier alpha value is -2.11. The van der Waals surface area contributed by atoms with Crippen molar-refractivity contribution in [1.29, 1.82) is 0 Å². The quantitative estimate of drug-likeness (QED) is 0.578. The molecule has 20 heavy (non-hydrogen) atoms. The van der Waals surface area contributed by atoms with Crippen molar-refractivity contribution in [2.24, 2.45) is 11.8 Å². The number of ketones is 2. The van der Waals surface area contributed by atoms with Crippen LogP contribution in [0, 0.1) is 11.8 Å². The third kappa shape index (κ3) is 3.07. The zero-order valence-corrected chi connectivity index (χ0v) is 12.1. The summed E-state index contributed by atoms with van der Waals surface area (Å²) in [5, 5.41) is 2.37. The maximum absolute atomic E-state index is 12.2. The highest BCUT2D eigenvalue weighted by Crippen LogP contribution is 2.22. The first kappa shape index (κ1) is 15.9. The zero-order valence-electron chi connectivity index (χ0n) is 12.1. The highest BCUT2D eigenvalue weighted by Gasteiger charge is 2.43. The molecular formula is C14H19NO5. The minimum absolute atomic E-state index is 0.0624. The van der Waals surface area contributed by atoms with Gasteiger partial charge in [-0.2, -0.15) is 0 Å². The molecule has 1 aliphatic rings. The van der Waals surface area contributed by atoms with Crippen molar-refractivity contribution in [2.45, 2.75) is 20.3 Å². The van der Waals surface area contributed by atoms with Gasteiger partial charge >= 0.3 is 0 Å². The fraction of sp³-hybridized carbons (Fsp3) is 0.500. The summed E-state index contributed by atoms with van der Waals surface area (Å²) in [4.78, 5) is 36.4. The van der Waals surface area contributed by atoms with Crippen LogP contribution in [0.5, 0.6) is 0 Å². The molecule has 6 nitrogen and oxygen atoms in total. The van der Waals surface area contributed by atoms with E-state index in [-0.39, 0.29) is 11.6 Å². The Labute approximate surface area is 117 Å². The Morgan fingerprint density at radius 2 is 2.00 bits per heavy atom. The molecule has 0 saturated heterocycles. The summed E-state index contributed by atoms with van der Waals surface area (Å²) in [7, 11) is 2.59. The van der Waals surface area contributed by atoms with Gasteiger partial charge in [0, 0.05) is 5.92 Å². The number of rotatable bonds is 6. The molecule has 1 rings (SSSR count). The second-order valence-corrected chi connectivity index (χ2v) is 4.46. The number of ether oxygens (including phenoxy) is 2. The lowest BCUT2D eigenvalue weighted by atomic mass is 9.86. The molecule has 0 radical (unpaired) electrons. The SMILES string of the molecule is C/C=C/C[C@@H](C)C(=O)C1C(=O)NC(OC)=C(OC)C1=O. The molecule has 1 aliphatic heterocycles. The summed E-state index contributed by atoms with van der Waals surface area (Å²) in [6, 6.07) is 0. The third-order valence-electron chi connectivity index (χ3n) is 3.09. The van der Waals surface area contributed by atoms with E-state index >= 15 is 0 Å². The molecule has 1 heterocycles. The molecule has 1 amide bonds. The van der Waals surface area contributed by atoms with Crippen LogP contribution in [-0.2, 0) is 23.9 Å². The summed E-state index contributed by atoms with van der Waals surface area (Å²) >= 11 is 0. The number of carbonyl (C=O) groups excluding carboxylic acids is 3. The Bertz CT molecular complexity index is 478. The van der Waals surface area contributed by atoms with Crippen molar-refractivity contribution >= 4 is 17.5 Å². The summed E-state index contributed by atoms with van der Waals surface area (Å²) in [5.74, 6) is -3.75. The van der Waals surface area contributed by atoms with Crippen molar-refractivity contribution in [3.8, 4) is 0 Å². The summed E-state index contributed by atoms with van der Waals surface area (Å²) in [5.41, 5.74) is 0. The summed E-state index contributed by atoms with van der Waals surface area (Å²) in [6.45, 7) is 3.53. The number of amides is 1. The van der Waals surface area contributed by atoms with E-state index in [0.29, 0.717) is 6.42 Å². The van der Waals surface area contributed by atoms with Crippen molar-refractivity contribution in [3.05, 3.63) is 23.8 Å². The van der Waals surface area contributed by atoms with Gasteiger partial charge in [-0.25, -0.2) is 0 Å². The van der Waals surface area contributed by atoms with Gasteiger partial charge in [-0.3, -0.25) is 19.7 Å². The Morgan fingerprint density at radius 3 is 2.50 bits per heavy atom. The van der Waals surface area contributed by atoms with Crippen molar-refractivity contribution in [1.82, 2.24) is 5.32 Å². The van der Waals surface area contributed by atoms with Gasteiger partial charge in [-0.1, -0.05) is 19.1 Å². The molecule has 110 valence electrons. The van der Waals surface area contributed by atoms with Crippen LogP contribution in [0.4, 0.5) is 0 Å². The number of nitrogens with one attached hydrogen (secondary N) is 1. The van der Waals surface area contributed by atoms with E-state index in [4.69, 9.17) is 9.47 Å². The average Bonchev–Trinajstić information content (AvgIpc) is 2.43. The van der Waals surface area contributed by atoms with Crippen molar-refractivity contribution in [2.75, 3.05) is 14.2 Å². The van der Waals surface area contributed by atoms with Gasteiger partial charge in [0.25, 0.3) is 0 Å². The van der Waals surface area contributed by atoms with E-state index in [0.717, 1.165) is 0 Å². The smallest absolute Gasteiger partial charge is 0.245 e. The first-order valence-electron chi connectivity index (χ1n) is 6.30. The number of hydrogen-bond acceptors (Lipinski definition) is 5. The van der Waals surface area contributed by atoms with Gasteiger partial charge in [0.15, 0.2) is 11.7 Å². The molecule has 0 aromatic rings. The van der Waals surface area contributed by atoms with E-state index in [1.165, 1.54) is 14.2 Å². The molecular weight excluding hydrogens is 262 g/mol. The number of hydrogen-bond donors (Lipinski definition) is 1. The lowest BCUT2D eigenvalue weighted by Gasteiger charge is -2.24. The normalized spacial score (nSPS) is 20.9. The molecule has 0 bridgehead atoms. The van der Waals surface area contributed by atoms with Crippen LogP contribution in [-0.4, -0.2) is 31.7 Å². The van der Waals surface area contributed by atoms with Gasteiger partial charge in [0.1, 0.15) is 0 Å². The van der Waals surface area contributed by atoms with Crippen LogP contribution in [0.15, 0.2) is 23.8 Å². The summed E-state index contributed by atoms with van der Waals surface area (Å²) < 4.78 is 9.79. The lowest BCUT2D eigenvalue weighted by molar-refractivity contribution is -0.144. The predicted octanol–water partition coefficient (Wildman–Crippen LogP) is 0.935. The molecule has 1 unspecified atom stereocenters.